The fourth-order valence-corrected chi connectivity index (χ4v) is 1.84. The van der Waals surface area contributed by atoms with Crippen molar-refractivity contribution < 1.29 is 9.53 Å². The Labute approximate surface area is 124 Å². The van der Waals surface area contributed by atoms with Gasteiger partial charge < -0.3 is 15.4 Å². The molecule has 0 atom stereocenters. The van der Waals surface area contributed by atoms with E-state index >= 15 is 0 Å². The van der Waals surface area contributed by atoms with Crippen LogP contribution in [-0.2, 0) is 16.0 Å². The van der Waals surface area contributed by atoms with E-state index in [1.807, 2.05) is 24.3 Å². The summed E-state index contributed by atoms with van der Waals surface area (Å²) in [5.41, 5.74) is 1.16. The summed E-state index contributed by atoms with van der Waals surface area (Å²) in [5, 5.41) is 6.96. The molecule has 0 aliphatic rings. The van der Waals surface area contributed by atoms with Gasteiger partial charge in [-0.1, -0.05) is 23.7 Å². The van der Waals surface area contributed by atoms with Crippen LogP contribution in [-0.4, -0.2) is 39.2 Å². The summed E-state index contributed by atoms with van der Waals surface area (Å²) < 4.78 is 4.56. The number of carbonyl (C=O) groups excluding carboxylic acids is 1. The summed E-state index contributed by atoms with van der Waals surface area (Å²) in [6, 6.07) is 7.75. The Morgan fingerprint density at radius 3 is 2.75 bits per heavy atom. The lowest BCUT2D eigenvalue weighted by molar-refractivity contribution is -0.140. The molecule has 0 unspecified atom stereocenters. The average molecular weight is 298 g/mol. The molecule has 0 aliphatic carbocycles. The fraction of sp³-hybridized carbons (Fsp3) is 0.429. The van der Waals surface area contributed by atoms with E-state index in [0.29, 0.717) is 18.9 Å². The van der Waals surface area contributed by atoms with Crippen LogP contribution in [0.25, 0.3) is 0 Å². The lowest BCUT2D eigenvalue weighted by Crippen LogP contribution is -2.39. The van der Waals surface area contributed by atoms with E-state index < -0.39 is 0 Å². The number of halogens is 1. The molecule has 0 saturated heterocycles. The minimum absolute atomic E-state index is 0.244. The van der Waals surface area contributed by atoms with Crippen molar-refractivity contribution >= 4 is 23.5 Å². The van der Waals surface area contributed by atoms with Gasteiger partial charge in [-0.3, -0.25) is 9.79 Å². The summed E-state index contributed by atoms with van der Waals surface area (Å²) in [7, 11) is 3.06. The molecule has 0 saturated carbocycles. The van der Waals surface area contributed by atoms with Gasteiger partial charge in [0.2, 0.25) is 0 Å². The van der Waals surface area contributed by atoms with E-state index in [1.54, 1.807) is 7.05 Å². The van der Waals surface area contributed by atoms with Crippen molar-refractivity contribution in [1.29, 1.82) is 0 Å². The maximum atomic E-state index is 11.0. The molecule has 0 radical (unpaired) electrons. The highest BCUT2D eigenvalue weighted by atomic mass is 35.5. The molecule has 1 aromatic rings. The largest absolute Gasteiger partial charge is 0.469 e. The van der Waals surface area contributed by atoms with Gasteiger partial charge in [-0.25, -0.2) is 0 Å². The molecule has 0 aliphatic heterocycles. The van der Waals surface area contributed by atoms with Crippen molar-refractivity contribution in [1.82, 2.24) is 10.6 Å². The van der Waals surface area contributed by atoms with Crippen molar-refractivity contribution in [3.05, 3.63) is 34.9 Å². The van der Waals surface area contributed by atoms with Crippen LogP contribution < -0.4 is 10.6 Å². The third kappa shape index (κ3) is 6.43. The number of rotatable bonds is 6. The zero-order valence-corrected chi connectivity index (χ0v) is 12.5. The highest BCUT2D eigenvalue weighted by molar-refractivity contribution is 6.30. The number of ether oxygens (including phenoxy) is 1. The summed E-state index contributed by atoms with van der Waals surface area (Å²) in [5.74, 6) is 0.419. The number of carbonyl (C=O) groups is 1. The molecule has 6 heteroatoms. The van der Waals surface area contributed by atoms with Gasteiger partial charge in [0.05, 0.1) is 13.5 Å². The molecule has 5 nitrogen and oxygen atoms in total. The Hall–Kier alpha value is -1.75. The highest BCUT2D eigenvalue weighted by Gasteiger charge is 2.02. The molecule has 0 aromatic heterocycles. The quantitative estimate of drug-likeness (QED) is 0.476. The van der Waals surface area contributed by atoms with Crippen molar-refractivity contribution in [3.8, 4) is 0 Å². The molecular weight excluding hydrogens is 278 g/mol. The highest BCUT2D eigenvalue weighted by Crippen LogP contribution is 2.10. The Bertz CT molecular complexity index is 463. The second-order valence-electron chi connectivity index (χ2n) is 4.13. The van der Waals surface area contributed by atoms with E-state index in [1.165, 1.54) is 7.11 Å². The van der Waals surface area contributed by atoms with Crippen molar-refractivity contribution in [3.63, 3.8) is 0 Å². The first-order valence-electron chi connectivity index (χ1n) is 6.41. The zero-order chi connectivity index (χ0) is 14.8. The van der Waals surface area contributed by atoms with Gasteiger partial charge >= 0.3 is 5.97 Å². The number of guanidine groups is 1. The average Bonchev–Trinajstić information content (AvgIpc) is 2.45. The zero-order valence-electron chi connectivity index (χ0n) is 11.8. The Kier molecular flexibility index (Phi) is 7.50. The van der Waals surface area contributed by atoms with E-state index in [4.69, 9.17) is 11.6 Å². The predicted octanol–water partition coefficient (Wildman–Crippen LogP) is 1.61. The van der Waals surface area contributed by atoms with Crippen LogP contribution in [0.3, 0.4) is 0 Å². The van der Waals surface area contributed by atoms with Gasteiger partial charge in [-0.2, -0.15) is 0 Å². The lowest BCUT2D eigenvalue weighted by Gasteiger charge is -2.11. The molecule has 0 spiro atoms. The van der Waals surface area contributed by atoms with Crippen LogP contribution in [0.1, 0.15) is 12.0 Å². The van der Waals surface area contributed by atoms with Crippen LogP contribution >= 0.6 is 11.6 Å². The number of benzene rings is 1. The second kappa shape index (κ2) is 9.20. The molecule has 0 amide bonds. The number of aliphatic imine (C=N–C) groups is 1. The van der Waals surface area contributed by atoms with E-state index in [9.17, 15) is 4.79 Å². The second-order valence-corrected chi connectivity index (χ2v) is 4.57. The van der Waals surface area contributed by atoms with Crippen molar-refractivity contribution in [2.45, 2.75) is 12.8 Å². The maximum Gasteiger partial charge on any atom is 0.307 e. The third-order valence-corrected chi connectivity index (χ3v) is 2.90. The minimum atomic E-state index is -0.244. The molecule has 110 valence electrons. The Balaban J connectivity index is 2.26. The number of hydrogen-bond donors (Lipinski definition) is 2. The number of hydrogen-bond acceptors (Lipinski definition) is 3. The number of nitrogens with one attached hydrogen (secondary N) is 2. The van der Waals surface area contributed by atoms with Gasteiger partial charge in [-0.15, -0.1) is 0 Å². The molecular formula is C14H20ClN3O2. The van der Waals surface area contributed by atoms with Gasteiger partial charge in [0.15, 0.2) is 5.96 Å². The summed E-state index contributed by atoms with van der Waals surface area (Å²) in [4.78, 5) is 15.1. The molecule has 1 aromatic carbocycles. The summed E-state index contributed by atoms with van der Waals surface area (Å²) in [6.45, 7) is 1.22. The topological polar surface area (TPSA) is 62.7 Å². The normalized spacial score (nSPS) is 11.1. The molecule has 0 fully saturated rings. The Morgan fingerprint density at radius 2 is 2.10 bits per heavy atom. The van der Waals surface area contributed by atoms with Gasteiger partial charge in [0.1, 0.15) is 0 Å². The van der Waals surface area contributed by atoms with E-state index in [-0.39, 0.29) is 5.97 Å². The van der Waals surface area contributed by atoms with E-state index in [0.717, 1.165) is 23.6 Å². The van der Waals surface area contributed by atoms with Crippen LogP contribution in [0.5, 0.6) is 0 Å². The summed E-state index contributed by atoms with van der Waals surface area (Å²) in [6.07, 6.45) is 1.16. The molecule has 2 N–H and O–H groups in total. The van der Waals surface area contributed by atoms with E-state index in [2.05, 4.69) is 20.4 Å². The molecule has 0 bridgehead atoms. The molecule has 0 heterocycles. The standard InChI is InChI=1S/C14H20ClN3O2/c1-16-14(18-9-7-13(19)20-2)17-8-6-11-4-3-5-12(15)10-11/h3-5,10H,6-9H2,1-2H3,(H2,16,17,18). The maximum absolute atomic E-state index is 11.0. The smallest absolute Gasteiger partial charge is 0.307 e. The van der Waals surface area contributed by atoms with Gasteiger partial charge in [0.25, 0.3) is 0 Å². The lowest BCUT2D eigenvalue weighted by atomic mass is 10.1. The molecule has 1 rings (SSSR count). The van der Waals surface area contributed by atoms with Crippen molar-refractivity contribution in [2.75, 3.05) is 27.2 Å². The number of methoxy groups -OCH3 is 1. The third-order valence-electron chi connectivity index (χ3n) is 2.67. The first-order valence-corrected chi connectivity index (χ1v) is 6.79. The first-order chi connectivity index (χ1) is 9.65. The fourth-order valence-electron chi connectivity index (χ4n) is 1.62. The monoisotopic (exact) mass is 297 g/mol. The van der Waals surface area contributed by atoms with Gasteiger partial charge in [0, 0.05) is 25.2 Å². The minimum Gasteiger partial charge on any atom is -0.469 e. The number of esters is 1. The van der Waals surface area contributed by atoms with Crippen molar-refractivity contribution in [2.24, 2.45) is 4.99 Å². The first kappa shape index (κ1) is 16.3. The van der Waals surface area contributed by atoms with Crippen LogP contribution in [0.4, 0.5) is 0 Å². The SMILES string of the molecule is CN=C(NCCC(=O)OC)NCCc1cccc(Cl)c1. The van der Waals surface area contributed by atoms with Crippen LogP contribution in [0.15, 0.2) is 29.3 Å². The summed E-state index contributed by atoms with van der Waals surface area (Å²) >= 11 is 5.93. The number of nitrogens with zero attached hydrogens (tertiary/aromatic N) is 1. The van der Waals surface area contributed by atoms with Crippen LogP contribution in [0, 0.1) is 0 Å². The van der Waals surface area contributed by atoms with Gasteiger partial charge in [-0.05, 0) is 24.1 Å². The molecule has 20 heavy (non-hydrogen) atoms. The van der Waals surface area contributed by atoms with Crippen LogP contribution in [0.2, 0.25) is 5.02 Å². The predicted molar refractivity (Wildman–Crippen MR) is 81.2 cm³/mol. The Morgan fingerprint density at radius 1 is 1.35 bits per heavy atom.